The number of aromatic nitrogens is 4. The van der Waals surface area contributed by atoms with E-state index in [-0.39, 0.29) is 0 Å². The van der Waals surface area contributed by atoms with Crippen molar-refractivity contribution >= 4 is 22.9 Å². The standard InChI is InChI=1S/C23H23N7O/c1-14-19(17-9-6-10-18(21(24)31)30(17)28-14)22-26-16-11-12-29(2)20(16)23(27-22)25-13-15-7-4-3-5-8-15/h3-10H,11-13H2,1-2H3,(H2,24,31)(H,25,26,27). The van der Waals surface area contributed by atoms with Crippen molar-refractivity contribution in [2.24, 2.45) is 5.73 Å². The zero-order chi connectivity index (χ0) is 21.5. The quantitative estimate of drug-likeness (QED) is 0.522. The molecule has 1 aromatic carbocycles. The molecule has 8 nitrogen and oxygen atoms in total. The van der Waals surface area contributed by atoms with Crippen molar-refractivity contribution in [3.05, 3.63) is 71.2 Å². The van der Waals surface area contributed by atoms with Crippen LogP contribution in [0.1, 0.15) is 27.4 Å². The zero-order valence-electron chi connectivity index (χ0n) is 17.5. The lowest BCUT2D eigenvalue weighted by atomic mass is 10.1. The van der Waals surface area contributed by atoms with Gasteiger partial charge in [-0.1, -0.05) is 36.4 Å². The molecule has 0 bridgehead atoms. The number of rotatable bonds is 5. The topological polar surface area (TPSA) is 101 Å². The Bertz CT molecular complexity index is 1300. The van der Waals surface area contributed by atoms with Crippen LogP contribution in [0.25, 0.3) is 16.9 Å². The van der Waals surface area contributed by atoms with Crippen LogP contribution in [-0.2, 0) is 13.0 Å². The van der Waals surface area contributed by atoms with Gasteiger partial charge in [-0.15, -0.1) is 0 Å². The summed E-state index contributed by atoms with van der Waals surface area (Å²) in [6.07, 6.45) is 0.853. The average Bonchev–Trinajstić information content (AvgIpc) is 3.31. The lowest BCUT2D eigenvalue weighted by molar-refractivity contribution is 0.0993. The molecule has 156 valence electrons. The van der Waals surface area contributed by atoms with Crippen LogP contribution in [0.2, 0.25) is 0 Å². The smallest absolute Gasteiger partial charge is 0.267 e. The second-order valence-corrected chi connectivity index (χ2v) is 7.73. The minimum Gasteiger partial charge on any atom is -0.370 e. The first kappa shape index (κ1) is 19.0. The third kappa shape index (κ3) is 3.26. The van der Waals surface area contributed by atoms with Gasteiger partial charge in [-0.25, -0.2) is 14.5 Å². The molecule has 1 amide bonds. The second-order valence-electron chi connectivity index (χ2n) is 7.73. The normalized spacial score (nSPS) is 12.9. The highest BCUT2D eigenvalue weighted by Gasteiger charge is 2.26. The molecule has 0 atom stereocenters. The summed E-state index contributed by atoms with van der Waals surface area (Å²) in [6.45, 7) is 3.46. The molecule has 1 aliphatic heterocycles. The Balaban J connectivity index is 1.63. The van der Waals surface area contributed by atoms with Gasteiger partial charge in [-0.05, 0) is 24.6 Å². The van der Waals surface area contributed by atoms with Gasteiger partial charge in [0.2, 0.25) is 0 Å². The van der Waals surface area contributed by atoms with Gasteiger partial charge in [0, 0.05) is 26.6 Å². The van der Waals surface area contributed by atoms with Crippen molar-refractivity contribution in [3.63, 3.8) is 0 Å². The third-order valence-corrected chi connectivity index (χ3v) is 5.63. The maximum absolute atomic E-state index is 11.9. The number of hydrogen-bond acceptors (Lipinski definition) is 6. The third-order valence-electron chi connectivity index (χ3n) is 5.63. The van der Waals surface area contributed by atoms with Gasteiger partial charge in [0.1, 0.15) is 11.4 Å². The fourth-order valence-electron chi connectivity index (χ4n) is 4.13. The van der Waals surface area contributed by atoms with E-state index in [2.05, 4.69) is 34.5 Å². The fraction of sp³-hybridized carbons (Fsp3) is 0.217. The van der Waals surface area contributed by atoms with Crippen LogP contribution in [0.4, 0.5) is 11.5 Å². The van der Waals surface area contributed by atoms with Gasteiger partial charge in [-0.2, -0.15) is 5.10 Å². The van der Waals surface area contributed by atoms with Gasteiger partial charge in [-0.3, -0.25) is 4.79 Å². The molecule has 3 aromatic heterocycles. The molecule has 0 saturated heterocycles. The van der Waals surface area contributed by atoms with E-state index < -0.39 is 5.91 Å². The summed E-state index contributed by atoms with van der Waals surface area (Å²) in [6, 6.07) is 15.6. The van der Waals surface area contributed by atoms with Gasteiger partial charge in [0.15, 0.2) is 11.6 Å². The summed E-state index contributed by atoms with van der Waals surface area (Å²) in [5.41, 5.74) is 11.4. The number of nitrogens with one attached hydrogen (secondary N) is 1. The minimum absolute atomic E-state index is 0.329. The fourth-order valence-corrected chi connectivity index (χ4v) is 4.13. The molecule has 1 aliphatic rings. The van der Waals surface area contributed by atoms with Gasteiger partial charge < -0.3 is 16.0 Å². The zero-order valence-corrected chi connectivity index (χ0v) is 17.5. The van der Waals surface area contributed by atoms with Crippen molar-refractivity contribution < 1.29 is 4.79 Å². The second kappa shape index (κ2) is 7.39. The van der Waals surface area contributed by atoms with E-state index in [0.29, 0.717) is 18.1 Å². The van der Waals surface area contributed by atoms with E-state index in [1.54, 1.807) is 16.6 Å². The molecule has 0 unspecified atom stereocenters. The first-order valence-corrected chi connectivity index (χ1v) is 10.2. The van der Waals surface area contributed by atoms with Crippen LogP contribution >= 0.6 is 0 Å². The lowest BCUT2D eigenvalue weighted by Crippen LogP contribution is -2.16. The molecule has 0 radical (unpaired) electrons. The van der Waals surface area contributed by atoms with Crippen molar-refractivity contribution in [3.8, 4) is 11.4 Å². The lowest BCUT2D eigenvalue weighted by Gasteiger charge is -2.17. The predicted octanol–water partition coefficient (Wildman–Crippen LogP) is 2.80. The number of nitrogens with two attached hydrogens (primary N) is 1. The summed E-state index contributed by atoms with van der Waals surface area (Å²) in [7, 11) is 2.06. The van der Waals surface area contributed by atoms with Crippen LogP contribution in [0.3, 0.4) is 0 Å². The highest BCUT2D eigenvalue weighted by atomic mass is 16.1. The van der Waals surface area contributed by atoms with E-state index in [4.69, 9.17) is 15.7 Å². The number of anilines is 2. The van der Waals surface area contributed by atoms with Crippen LogP contribution in [0.5, 0.6) is 0 Å². The highest BCUT2D eigenvalue weighted by Crippen LogP contribution is 2.36. The molecule has 0 aliphatic carbocycles. The Labute approximate surface area is 179 Å². The number of hydrogen-bond donors (Lipinski definition) is 2. The molecule has 3 N–H and O–H groups in total. The Kier molecular flexibility index (Phi) is 4.54. The predicted molar refractivity (Wildman–Crippen MR) is 120 cm³/mol. The Morgan fingerprint density at radius 2 is 1.94 bits per heavy atom. The monoisotopic (exact) mass is 413 g/mol. The number of nitrogens with zero attached hydrogens (tertiary/aromatic N) is 5. The summed E-state index contributed by atoms with van der Waals surface area (Å²) in [4.78, 5) is 23.8. The molecular formula is C23H23N7O. The van der Waals surface area contributed by atoms with E-state index in [1.165, 1.54) is 5.56 Å². The van der Waals surface area contributed by atoms with Crippen LogP contribution in [-0.4, -0.2) is 39.1 Å². The van der Waals surface area contributed by atoms with Crippen molar-refractivity contribution in [1.82, 2.24) is 19.6 Å². The summed E-state index contributed by atoms with van der Waals surface area (Å²) in [5, 5.41) is 8.04. The van der Waals surface area contributed by atoms with Crippen molar-refractivity contribution in [2.75, 3.05) is 23.8 Å². The number of likely N-dealkylation sites (N-methyl/N-ethyl adjacent to an activating group) is 1. The first-order chi connectivity index (χ1) is 15.0. The minimum atomic E-state index is -0.527. The summed E-state index contributed by atoms with van der Waals surface area (Å²) < 4.78 is 1.58. The molecule has 0 spiro atoms. The summed E-state index contributed by atoms with van der Waals surface area (Å²) >= 11 is 0. The molecule has 0 fully saturated rings. The Morgan fingerprint density at radius 1 is 1.13 bits per heavy atom. The highest BCUT2D eigenvalue weighted by molar-refractivity contribution is 5.93. The number of benzene rings is 1. The van der Waals surface area contributed by atoms with E-state index in [1.807, 2.05) is 31.2 Å². The molecule has 4 heterocycles. The van der Waals surface area contributed by atoms with Gasteiger partial charge in [0.05, 0.1) is 22.5 Å². The number of aryl methyl sites for hydroxylation is 1. The van der Waals surface area contributed by atoms with E-state index in [0.717, 1.165) is 46.9 Å². The molecule has 5 rings (SSSR count). The number of amides is 1. The Hall–Kier alpha value is -3.94. The number of fused-ring (bicyclic) bond motifs is 2. The number of pyridine rings is 1. The van der Waals surface area contributed by atoms with E-state index in [9.17, 15) is 4.79 Å². The number of carbonyl (C=O) groups excluding carboxylic acids is 1. The maximum atomic E-state index is 11.9. The molecule has 0 saturated carbocycles. The average molecular weight is 413 g/mol. The largest absolute Gasteiger partial charge is 0.370 e. The molecule has 8 heteroatoms. The SMILES string of the molecule is Cc1nn2c(C(N)=O)cccc2c1-c1nc2c(c(NCc3ccccc3)n1)N(C)CC2. The summed E-state index contributed by atoms with van der Waals surface area (Å²) in [5.74, 6) is 0.869. The molecule has 31 heavy (non-hydrogen) atoms. The van der Waals surface area contributed by atoms with Crippen LogP contribution in [0.15, 0.2) is 48.5 Å². The van der Waals surface area contributed by atoms with Crippen molar-refractivity contribution in [1.29, 1.82) is 0 Å². The van der Waals surface area contributed by atoms with Gasteiger partial charge in [0.25, 0.3) is 5.91 Å². The maximum Gasteiger partial charge on any atom is 0.267 e. The van der Waals surface area contributed by atoms with Gasteiger partial charge >= 0.3 is 0 Å². The van der Waals surface area contributed by atoms with Crippen molar-refractivity contribution in [2.45, 2.75) is 19.9 Å². The van der Waals surface area contributed by atoms with E-state index >= 15 is 0 Å². The molecule has 4 aromatic rings. The molecular weight excluding hydrogens is 390 g/mol. The number of carbonyl (C=O) groups is 1. The Morgan fingerprint density at radius 3 is 2.71 bits per heavy atom. The van der Waals surface area contributed by atoms with Crippen LogP contribution < -0.4 is 16.0 Å². The van der Waals surface area contributed by atoms with Crippen LogP contribution in [0, 0.1) is 6.92 Å². The first-order valence-electron chi connectivity index (χ1n) is 10.2. The number of primary amides is 1.